The largest absolute Gasteiger partial charge is 0.452 e. The van der Waals surface area contributed by atoms with Crippen LogP contribution in [0.1, 0.15) is 27.6 Å². The van der Waals surface area contributed by atoms with Crippen molar-refractivity contribution in [1.29, 1.82) is 0 Å². The van der Waals surface area contributed by atoms with Crippen molar-refractivity contribution < 1.29 is 28.5 Å². The molecule has 0 radical (unpaired) electrons. The van der Waals surface area contributed by atoms with Crippen LogP contribution in [-0.4, -0.2) is 43.1 Å². The summed E-state index contributed by atoms with van der Waals surface area (Å²) in [7, 11) is 0. The highest BCUT2D eigenvalue weighted by molar-refractivity contribution is 5.90. The number of hydrogen-bond donors (Lipinski definition) is 0. The van der Waals surface area contributed by atoms with E-state index in [0.717, 1.165) is 0 Å². The van der Waals surface area contributed by atoms with Gasteiger partial charge in [0.05, 0.1) is 17.2 Å². The SMILES string of the molecule is C#CCOC1OC(C)C(OC(=O)c2ccccc2)C1OC(=O)c1ccccc1. The van der Waals surface area contributed by atoms with Crippen LogP contribution in [0.2, 0.25) is 0 Å². The third kappa shape index (κ3) is 4.58. The molecule has 0 saturated carbocycles. The number of esters is 2. The van der Waals surface area contributed by atoms with Crippen LogP contribution in [0.5, 0.6) is 0 Å². The highest BCUT2D eigenvalue weighted by Gasteiger charge is 2.48. The second kappa shape index (κ2) is 9.18. The number of hydrogen-bond acceptors (Lipinski definition) is 6. The maximum atomic E-state index is 12.5. The summed E-state index contributed by atoms with van der Waals surface area (Å²) < 4.78 is 22.3. The van der Waals surface area contributed by atoms with Gasteiger partial charge < -0.3 is 18.9 Å². The van der Waals surface area contributed by atoms with Crippen LogP contribution in [0.25, 0.3) is 0 Å². The molecule has 6 nitrogen and oxygen atoms in total. The first-order valence-corrected chi connectivity index (χ1v) is 8.82. The lowest BCUT2D eigenvalue weighted by atomic mass is 10.1. The predicted molar refractivity (Wildman–Crippen MR) is 100 cm³/mol. The van der Waals surface area contributed by atoms with Gasteiger partial charge >= 0.3 is 11.9 Å². The van der Waals surface area contributed by atoms with Crippen molar-refractivity contribution in [3.05, 3.63) is 71.8 Å². The summed E-state index contributed by atoms with van der Waals surface area (Å²) in [5.74, 6) is 1.23. The van der Waals surface area contributed by atoms with Gasteiger partial charge in [-0.1, -0.05) is 42.3 Å². The molecular formula is C22H20O6. The molecule has 1 fully saturated rings. The van der Waals surface area contributed by atoms with Crippen LogP contribution in [0.3, 0.4) is 0 Å². The smallest absolute Gasteiger partial charge is 0.338 e. The van der Waals surface area contributed by atoms with Crippen LogP contribution in [0, 0.1) is 12.3 Å². The topological polar surface area (TPSA) is 71.1 Å². The number of ether oxygens (including phenoxy) is 4. The number of rotatable bonds is 6. The molecule has 0 spiro atoms. The zero-order chi connectivity index (χ0) is 19.9. The Balaban J connectivity index is 1.78. The predicted octanol–water partition coefficient (Wildman–Crippen LogP) is 2.83. The second-order valence-electron chi connectivity index (χ2n) is 6.20. The molecule has 28 heavy (non-hydrogen) atoms. The second-order valence-corrected chi connectivity index (χ2v) is 6.20. The first-order valence-electron chi connectivity index (χ1n) is 8.82. The number of carbonyl (C=O) groups is 2. The Morgan fingerprint density at radius 1 is 0.929 bits per heavy atom. The average molecular weight is 380 g/mol. The number of carbonyl (C=O) groups excluding carboxylic acids is 2. The molecule has 1 heterocycles. The Kier molecular flexibility index (Phi) is 6.43. The highest BCUT2D eigenvalue weighted by atomic mass is 16.7. The summed E-state index contributed by atoms with van der Waals surface area (Å²) in [4.78, 5) is 25.0. The van der Waals surface area contributed by atoms with Crippen LogP contribution in [0.15, 0.2) is 60.7 Å². The van der Waals surface area contributed by atoms with Gasteiger partial charge in [-0.3, -0.25) is 0 Å². The van der Waals surface area contributed by atoms with Gasteiger partial charge in [0.15, 0.2) is 18.5 Å². The molecule has 1 saturated heterocycles. The van der Waals surface area contributed by atoms with Crippen LogP contribution >= 0.6 is 0 Å². The Bertz CT molecular complexity index is 842. The van der Waals surface area contributed by atoms with Crippen molar-refractivity contribution in [3.63, 3.8) is 0 Å². The third-order valence-corrected chi connectivity index (χ3v) is 4.24. The van der Waals surface area contributed by atoms with Crippen molar-refractivity contribution in [2.45, 2.75) is 31.5 Å². The number of terminal acetylenes is 1. The fourth-order valence-corrected chi connectivity index (χ4v) is 2.87. The minimum atomic E-state index is -0.955. The van der Waals surface area contributed by atoms with E-state index in [1.54, 1.807) is 67.6 Å². The summed E-state index contributed by atoms with van der Waals surface area (Å²) in [5, 5.41) is 0. The molecule has 0 N–H and O–H groups in total. The molecular weight excluding hydrogens is 360 g/mol. The van der Waals surface area contributed by atoms with Gasteiger partial charge in [-0.2, -0.15) is 0 Å². The standard InChI is InChI=1S/C22H20O6/c1-3-14-25-22-19(28-21(24)17-12-8-5-9-13-17)18(15(2)26-22)27-20(23)16-10-6-4-7-11-16/h1,4-13,15,18-19,22H,14H2,2H3. The van der Waals surface area contributed by atoms with Crippen LogP contribution in [0.4, 0.5) is 0 Å². The van der Waals surface area contributed by atoms with Gasteiger partial charge in [0, 0.05) is 0 Å². The van der Waals surface area contributed by atoms with E-state index in [1.807, 2.05) is 0 Å². The lowest BCUT2D eigenvalue weighted by Gasteiger charge is -2.23. The summed E-state index contributed by atoms with van der Waals surface area (Å²) in [5.41, 5.74) is 0.752. The maximum Gasteiger partial charge on any atom is 0.338 e. The fourth-order valence-electron chi connectivity index (χ4n) is 2.87. The van der Waals surface area contributed by atoms with Crippen molar-refractivity contribution >= 4 is 11.9 Å². The highest BCUT2D eigenvalue weighted by Crippen LogP contribution is 2.29. The molecule has 0 aliphatic carbocycles. The molecule has 2 aromatic carbocycles. The normalized spacial score (nSPS) is 23.6. The van der Waals surface area contributed by atoms with E-state index < -0.39 is 36.5 Å². The zero-order valence-electron chi connectivity index (χ0n) is 15.3. The van der Waals surface area contributed by atoms with E-state index in [0.29, 0.717) is 11.1 Å². The molecule has 0 amide bonds. The van der Waals surface area contributed by atoms with Crippen molar-refractivity contribution in [2.24, 2.45) is 0 Å². The summed E-state index contributed by atoms with van der Waals surface area (Å²) in [6, 6.07) is 17.0. The van der Waals surface area contributed by atoms with Gasteiger partial charge in [0.25, 0.3) is 0 Å². The molecule has 2 aromatic rings. The lowest BCUT2D eigenvalue weighted by molar-refractivity contribution is -0.156. The Morgan fingerprint density at radius 2 is 1.43 bits per heavy atom. The van der Waals surface area contributed by atoms with Gasteiger partial charge in [-0.15, -0.1) is 6.42 Å². The van der Waals surface area contributed by atoms with Gasteiger partial charge in [0.1, 0.15) is 6.61 Å². The van der Waals surface area contributed by atoms with Gasteiger partial charge in [-0.05, 0) is 31.2 Å². The van der Waals surface area contributed by atoms with E-state index >= 15 is 0 Å². The monoisotopic (exact) mass is 380 g/mol. The number of benzene rings is 2. The average Bonchev–Trinajstić information content (AvgIpc) is 3.02. The molecule has 0 bridgehead atoms. The van der Waals surface area contributed by atoms with E-state index in [-0.39, 0.29) is 6.61 Å². The fraction of sp³-hybridized carbons (Fsp3) is 0.273. The van der Waals surface area contributed by atoms with E-state index in [1.165, 1.54) is 0 Å². The molecule has 4 unspecified atom stereocenters. The molecule has 4 atom stereocenters. The third-order valence-electron chi connectivity index (χ3n) is 4.24. The van der Waals surface area contributed by atoms with Crippen molar-refractivity contribution in [3.8, 4) is 12.3 Å². The summed E-state index contributed by atoms with van der Waals surface area (Å²) in [6.45, 7) is 1.68. The first-order chi connectivity index (χ1) is 13.6. The summed E-state index contributed by atoms with van der Waals surface area (Å²) >= 11 is 0. The van der Waals surface area contributed by atoms with Gasteiger partial charge in [0.2, 0.25) is 0 Å². The summed E-state index contributed by atoms with van der Waals surface area (Å²) in [6.07, 6.45) is 1.96. The molecule has 3 rings (SSSR count). The Labute approximate surface area is 163 Å². The Hall–Kier alpha value is -3.14. The zero-order valence-corrected chi connectivity index (χ0v) is 15.3. The quantitative estimate of drug-likeness (QED) is 0.567. The van der Waals surface area contributed by atoms with Crippen LogP contribution < -0.4 is 0 Å². The molecule has 144 valence electrons. The minimum absolute atomic E-state index is 0.0316. The van der Waals surface area contributed by atoms with Gasteiger partial charge in [-0.25, -0.2) is 9.59 Å². The maximum absolute atomic E-state index is 12.5. The van der Waals surface area contributed by atoms with Crippen LogP contribution in [-0.2, 0) is 18.9 Å². The van der Waals surface area contributed by atoms with Crippen molar-refractivity contribution in [1.82, 2.24) is 0 Å². The Morgan fingerprint density at radius 3 is 1.93 bits per heavy atom. The minimum Gasteiger partial charge on any atom is -0.452 e. The molecule has 0 aromatic heterocycles. The molecule has 6 heteroatoms. The van der Waals surface area contributed by atoms with Crippen molar-refractivity contribution in [2.75, 3.05) is 6.61 Å². The molecule has 1 aliphatic rings. The molecule has 1 aliphatic heterocycles. The lowest BCUT2D eigenvalue weighted by Crippen LogP contribution is -2.40. The van der Waals surface area contributed by atoms with E-state index in [4.69, 9.17) is 25.4 Å². The van der Waals surface area contributed by atoms with E-state index in [2.05, 4.69) is 5.92 Å². The first kappa shape index (κ1) is 19.6. The van der Waals surface area contributed by atoms with E-state index in [9.17, 15) is 9.59 Å².